The van der Waals surface area contributed by atoms with Crippen LogP contribution in [0.15, 0.2) is 47.8 Å². The van der Waals surface area contributed by atoms with E-state index in [4.69, 9.17) is 4.74 Å². The Kier molecular flexibility index (Phi) is 4.48. The van der Waals surface area contributed by atoms with E-state index in [0.717, 1.165) is 27.6 Å². The summed E-state index contributed by atoms with van der Waals surface area (Å²) in [5.41, 5.74) is 3.00. The predicted octanol–water partition coefficient (Wildman–Crippen LogP) is 4.15. The number of nitrogens with zero attached hydrogens (tertiary/aromatic N) is 1. The number of ether oxygens (including phenoxy) is 1. The number of hydrogen-bond donors (Lipinski definition) is 2. The highest BCUT2D eigenvalue weighted by Crippen LogP contribution is 2.33. The second kappa shape index (κ2) is 6.72. The number of carbonyl (C=O) groups excluding carboxylic acids is 1. The number of phenolic OH excluding ortho intramolecular Hbond substituents is 1. The van der Waals surface area contributed by atoms with E-state index < -0.39 is 0 Å². The summed E-state index contributed by atoms with van der Waals surface area (Å²) in [6.45, 7) is 1.40. The summed E-state index contributed by atoms with van der Waals surface area (Å²) >= 11 is 1.53. The van der Waals surface area contributed by atoms with Crippen LogP contribution in [-0.4, -0.2) is 23.1 Å². The first-order valence-corrected chi connectivity index (χ1v) is 8.15. The summed E-state index contributed by atoms with van der Waals surface area (Å²) in [5, 5.41) is 15.3. The van der Waals surface area contributed by atoms with Gasteiger partial charge in [-0.05, 0) is 42.5 Å². The summed E-state index contributed by atoms with van der Waals surface area (Å²) in [4.78, 5) is 15.8. The highest BCUT2D eigenvalue weighted by atomic mass is 32.1. The van der Waals surface area contributed by atoms with Crippen LogP contribution in [0.2, 0.25) is 0 Å². The number of hydrogen-bond acceptors (Lipinski definition) is 5. The Hall–Kier alpha value is -2.86. The molecule has 0 fully saturated rings. The molecule has 1 amide bonds. The van der Waals surface area contributed by atoms with Crippen molar-refractivity contribution in [2.75, 3.05) is 12.4 Å². The van der Waals surface area contributed by atoms with Crippen LogP contribution >= 0.6 is 11.3 Å². The van der Waals surface area contributed by atoms with E-state index in [1.54, 1.807) is 25.3 Å². The highest BCUT2D eigenvalue weighted by Gasteiger charge is 2.10. The summed E-state index contributed by atoms with van der Waals surface area (Å²) in [6, 6.07) is 12.7. The molecule has 0 aliphatic rings. The molecule has 3 rings (SSSR count). The molecule has 5 nitrogen and oxygen atoms in total. The number of methoxy groups -OCH3 is 1. The molecule has 0 radical (unpaired) electrons. The number of anilines is 1. The molecule has 3 aromatic rings. The quantitative estimate of drug-likeness (QED) is 0.700. The lowest BCUT2D eigenvalue weighted by Gasteiger charge is -2.06. The molecule has 0 unspecified atom stereocenters. The van der Waals surface area contributed by atoms with E-state index in [2.05, 4.69) is 10.3 Å². The fraction of sp³-hybridized carbons (Fsp3) is 0.111. The standard InChI is InChI=1S/C18H16N2O3S/c1-11(21)19-15-9-13(5-8-17(15)22)16-10-24-18(20-16)12-3-6-14(23-2)7-4-12/h3-10,22H,1-2H3,(H,19,21). The number of nitrogens with one attached hydrogen (secondary N) is 1. The first-order valence-electron chi connectivity index (χ1n) is 7.28. The van der Waals surface area contributed by atoms with Crippen LogP contribution in [0.5, 0.6) is 11.5 Å². The number of carbonyl (C=O) groups is 1. The summed E-state index contributed by atoms with van der Waals surface area (Å²) in [6.07, 6.45) is 0. The second-order valence-electron chi connectivity index (χ2n) is 5.18. The Morgan fingerprint density at radius 3 is 2.54 bits per heavy atom. The Bertz CT molecular complexity index is 872. The van der Waals surface area contributed by atoms with Crippen molar-refractivity contribution in [2.45, 2.75) is 6.92 Å². The Morgan fingerprint density at radius 2 is 1.88 bits per heavy atom. The highest BCUT2D eigenvalue weighted by molar-refractivity contribution is 7.13. The summed E-state index contributed by atoms with van der Waals surface area (Å²) in [5.74, 6) is 0.591. The van der Waals surface area contributed by atoms with Crippen molar-refractivity contribution in [2.24, 2.45) is 0 Å². The van der Waals surface area contributed by atoms with Gasteiger partial charge in [-0.15, -0.1) is 11.3 Å². The van der Waals surface area contributed by atoms with E-state index in [0.29, 0.717) is 5.69 Å². The van der Waals surface area contributed by atoms with Gasteiger partial charge in [0.15, 0.2) is 0 Å². The molecule has 1 aromatic heterocycles. The van der Waals surface area contributed by atoms with Gasteiger partial charge < -0.3 is 15.2 Å². The molecule has 0 bridgehead atoms. The van der Waals surface area contributed by atoms with Crippen LogP contribution in [0.1, 0.15) is 6.92 Å². The van der Waals surface area contributed by atoms with Gasteiger partial charge in [0.2, 0.25) is 5.91 Å². The average Bonchev–Trinajstić information content (AvgIpc) is 3.06. The van der Waals surface area contributed by atoms with Crippen LogP contribution < -0.4 is 10.1 Å². The van der Waals surface area contributed by atoms with Gasteiger partial charge >= 0.3 is 0 Å². The number of phenols is 1. The zero-order valence-electron chi connectivity index (χ0n) is 13.2. The third-order valence-corrected chi connectivity index (χ3v) is 4.34. The Balaban J connectivity index is 1.91. The minimum Gasteiger partial charge on any atom is -0.506 e. The van der Waals surface area contributed by atoms with Crippen molar-refractivity contribution in [3.63, 3.8) is 0 Å². The third kappa shape index (κ3) is 3.38. The van der Waals surface area contributed by atoms with Gasteiger partial charge in [-0.3, -0.25) is 4.79 Å². The van der Waals surface area contributed by atoms with Gasteiger partial charge in [0.25, 0.3) is 0 Å². The lowest BCUT2D eigenvalue weighted by atomic mass is 10.1. The predicted molar refractivity (Wildman–Crippen MR) is 95.5 cm³/mol. The van der Waals surface area contributed by atoms with Crippen LogP contribution in [0.25, 0.3) is 21.8 Å². The summed E-state index contributed by atoms with van der Waals surface area (Å²) < 4.78 is 5.16. The molecule has 122 valence electrons. The lowest BCUT2D eigenvalue weighted by Crippen LogP contribution is -2.05. The van der Waals surface area contributed by atoms with Crippen molar-refractivity contribution in [1.29, 1.82) is 0 Å². The van der Waals surface area contributed by atoms with Crippen molar-refractivity contribution in [3.8, 4) is 33.3 Å². The van der Waals surface area contributed by atoms with E-state index in [9.17, 15) is 9.90 Å². The third-order valence-electron chi connectivity index (χ3n) is 3.44. The molecule has 24 heavy (non-hydrogen) atoms. The number of thiazole rings is 1. The minimum absolute atomic E-state index is 0.0274. The van der Waals surface area contributed by atoms with Gasteiger partial charge in [-0.2, -0.15) is 0 Å². The maximum atomic E-state index is 11.2. The minimum atomic E-state index is -0.236. The van der Waals surface area contributed by atoms with Crippen LogP contribution in [0.4, 0.5) is 5.69 Å². The number of aromatic hydroxyl groups is 1. The van der Waals surface area contributed by atoms with Gasteiger partial charge in [-0.25, -0.2) is 4.98 Å². The van der Waals surface area contributed by atoms with Crippen molar-refractivity contribution < 1.29 is 14.6 Å². The van der Waals surface area contributed by atoms with E-state index in [1.807, 2.05) is 29.6 Å². The lowest BCUT2D eigenvalue weighted by molar-refractivity contribution is -0.114. The Morgan fingerprint density at radius 1 is 1.17 bits per heavy atom. The van der Waals surface area contributed by atoms with Crippen LogP contribution in [0, 0.1) is 0 Å². The van der Waals surface area contributed by atoms with Crippen LogP contribution in [-0.2, 0) is 4.79 Å². The van der Waals surface area contributed by atoms with Crippen molar-refractivity contribution in [1.82, 2.24) is 4.98 Å². The van der Waals surface area contributed by atoms with Gasteiger partial charge in [-0.1, -0.05) is 0 Å². The molecular formula is C18H16N2O3S. The molecule has 0 spiro atoms. The zero-order chi connectivity index (χ0) is 17.1. The maximum absolute atomic E-state index is 11.2. The molecule has 0 aliphatic heterocycles. The fourth-order valence-corrected chi connectivity index (χ4v) is 3.09. The number of amides is 1. The topological polar surface area (TPSA) is 71.5 Å². The van der Waals surface area contributed by atoms with Crippen molar-refractivity contribution >= 4 is 22.9 Å². The zero-order valence-corrected chi connectivity index (χ0v) is 14.1. The number of rotatable bonds is 4. The molecule has 0 aliphatic carbocycles. The van der Waals surface area contributed by atoms with E-state index in [-0.39, 0.29) is 11.7 Å². The fourth-order valence-electron chi connectivity index (χ4n) is 2.26. The second-order valence-corrected chi connectivity index (χ2v) is 6.04. The average molecular weight is 340 g/mol. The molecule has 0 atom stereocenters. The molecule has 0 saturated heterocycles. The molecule has 2 N–H and O–H groups in total. The van der Waals surface area contributed by atoms with Gasteiger partial charge in [0, 0.05) is 23.4 Å². The molecule has 0 saturated carbocycles. The van der Waals surface area contributed by atoms with Crippen LogP contribution in [0.3, 0.4) is 0 Å². The van der Waals surface area contributed by atoms with E-state index >= 15 is 0 Å². The molecule has 1 heterocycles. The summed E-state index contributed by atoms with van der Waals surface area (Å²) in [7, 11) is 1.63. The molecular weight excluding hydrogens is 324 g/mol. The van der Waals surface area contributed by atoms with Gasteiger partial charge in [0.1, 0.15) is 16.5 Å². The molecule has 6 heteroatoms. The van der Waals surface area contributed by atoms with Crippen molar-refractivity contribution in [3.05, 3.63) is 47.8 Å². The number of benzene rings is 2. The first kappa shape index (κ1) is 16.0. The van der Waals surface area contributed by atoms with Gasteiger partial charge in [0.05, 0.1) is 18.5 Å². The normalized spacial score (nSPS) is 10.4. The Labute approximate surface area is 143 Å². The smallest absolute Gasteiger partial charge is 0.221 e. The first-order chi connectivity index (χ1) is 11.6. The SMILES string of the molecule is COc1ccc(-c2nc(-c3ccc(O)c(NC(C)=O)c3)cs2)cc1. The van der Waals surface area contributed by atoms with E-state index in [1.165, 1.54) is 18.3 Å². The number of aromatic nitrogens is 1. The molecule has 2 aromatic carbocycles. The monoisotopic (exact) mass is 340 g/mol. The largest absolute Gasteiger partial charge is 0.506 e. The maximum Gasteiger partial charge on any atom is 0.221 e.